The van der Waals surface area contributed by atoms with Gasteiger partial charge in [0.15, 0.2) is 6.61 Å². The van der Waals surface area contributed by atoms with Crippen LogP contribution in [-0.2, 0) is 23.9 Å². The van der Waals surface area contributed by atoms with Gasteiger partial charge in [0.25, 0.3) is 5.91 Å². The number of carbonyl (C=O) groups excluding carboxylic acids is 5. The molecular formula is C25H23Cl2N3O6. The van der Waals surface area contributed by atoms with Gasteiger partial charge in [-0.1, -0.05) is 0 Å². The third-order valence-electron chi connectivity index (χ3n) is 6.10. The van der Waals surface area contributed by atoms with Gasteiger partial charge in [0.2, 0.25) is 17.7 Å². The normalized spacial score (nSPS) is 23.1. The van der Waals surface area contributed by atoms with E-state index in [4.69, 9.17) is 27.9 Å². The average Bonchev–Trinajstić information content (AvgIpc) is 3.08. The summed E-state index contributed by atoms with van der Waals surface area (Å²) in [7, 11) is 0. The van der Waals surface area contributed by atoms with Crippen molar-refractivity contribution in [2.24, 2.45) is 11.8 Å². The minimum atomic E-state index is -0.736. The second kappa shape index (κ2) is 10.7. The predicted molar refractivity (Wildman–Crippen MR) is 134 cm³/mol. The Morgan fingerprint density at radius 3 is 1.86 bits per heavy atom. The molecule has 0 unspecified atom stereocenters. The quantitative estimate of drug-likeness (QED) is 0.334. The molecule has 0 spiro atoms. The largest absolute Gasteiger partial charge is 0.452 e. The van der Waals surface area contributed by atoms with Gasteiger partial charge in [-0.2, -0.15) is 0 Å². The smallest absolute Gasteiger partial charge is 0.338 e. The molecule has 1 heterocycles. The van der Waals surface area contributed by atoms with Crippen molar-refractivity contribution >= 4 is 69.9 Å². The highest BCUT2D eigenvalue weighted by atomic mass is 35.5. The van der Waals surface area contributed by atoms with Gasteiger partial charge in [-0.3, -0.25) is 24.1 Å². The molecule has 2 aromatic carbocycles. The van der Waals surface area contributed by atoms with Crippen molar-refractivity contribution in [3.05, 3.63) is 54.1 Å². The lowest BCUT2D eigenvalue weighted by Gasteiger charge is -2.28. The molecule has 4 amide bonds. The Kier molecular flexibility index (Phi) is 7.61. The number of nitrogens with one attached hydrogen (secondary N) is 2. The standard InChI is InChI=1S/C25H23Cl2N3O6/c1-13(31)28-15-4-6-16(7-5-15)29-22(32)12-36-25(35)14-2-8-17(9-3-14)30-23(33)18-10-20(26)21(27)11-19(18)24(30)34/h2-9,18-21H,10-12H2,1H3,(H,28,31)(H,29,32)/t18-,19+,20+,21-. The van der Waals surface area contributed by atoms with E-state index in [2.05, 4.69) is 10.6 Å². The zero-order valence-electron chi connectivity index (χ0n) is 19.2. The van der Waals surface area contributed by atoms with E-state index in [-0.39, 0.29) is 34.0 Å². The van der Waals surface area contributed by atoms with Crippen LogP contribution in [0.15, 0.2) is 48.5 Å². The molecule has 0 radical (unpaired) electrons. The van der Waals surface area contributed by atoms with Gasteiger partial charge in [0, 0.05) is 18.3 Å². The van der Waals surface area contributed by atoms with Crippen molar-refractivity contribution in [1.29, 1.82) is 0 Å². The van der Waals surface area contributed by atoms with E-state index in [1.807, 2.05) is 0 Å². The molecule has 9 nitrogen and oxygen atoms in total. The Morgan fingerprint density at radius 1 is 0.861 bits per heavy atom. The number of carbonyl (C=O) groups is 5. The molecular weight excluding hydrogens is 509 g/mol. The Morgan fingerprint density at radius 2 is 1.36 bits per heavy atom. The van der Waals surface area contributed by atoms with Crippen LogP contribution >= 0.6 is 23.2 Å². The zero-order valence-corrected chi connectivity index (χ0v) is 20.7. The molecule has 188 valence electrons. The number of hydrogen-bond donors (Lipinski definition) is 2. The first-order chi connectivity index (χ1) is 17.1. The number of esters is 1. The van der Waals surface area contributed by atoms with E-state index in [0.29, 0.717) is 29.9 Å². The fraction of sp³-hybridized carbons (Fsp3) is 0.320. The minimum absolute atomic E-state index is 0.157. The number of alkyl halides is 2. The van der Waals surface area contributed by atoms with Crippen LogP contribution in [0.1, 0.15) is 30.1 Å². The van der Waals surface area contributed by atoms with Gasteiger partial charge in [-0.15, -0.1) is 23.2 Å². The molecule has 2 N–H and O–H groups in total. The average molecular weight is 532 g/mol. The van der Waals surface area contributed by atoms with Crippen molar-refractivity contribution in [2.75, 3.05) is 22.1 Å². The maximum atomic E-state index is 12.9. The third-order valence-corrected chi connectivity index (χ3v) is 7.19. The van der Waals surface area contributed by atoms with Crippen molar-refractivity contribution in [2.45, 2.75) is 30.5 Å². The lowest BCUT2D eigenvalue weighted by molar-refractivity contribution is -0.122. The second-order valence-electron chi connectivity index (χ2n) is 8.66. The summed E-state index contributed by atoms with van der Waals surface area (Å²) in [5.41, 5.74) is 1.55. The van der Waals surface area contributed by atoms with E-state index in [1.165, 1.54) is 31.2 Å². The summed E-state index contributed by atoms with van der Waals surface area (Å²) in [5.74, 6) is -3.14. The Hall–Kier alpha value is -3.43. The summed E-state index contributed by atoms with van der Waals surface area (Å²) < 4.78 is 5.06. The van der Waals surface area contributed by atoms with Gasteiger partial charge in [-0.25, -0.2) is 4.79 Å². The number of fused-ring (bicyclic) bond motifs is 1. The highest BCUT2D eigenvalue weighted by molar-refractivity contribution is 6.31. The van der Waals surface area contributed by atoms with Crippen LogP contribution in [-0.4, -0.2) is 47.0 Å². The fourth-order valence-corrected chi connectivity index (χ4v) is 4.94. The maximum absolute atomic E-state index is 12.9. The summed E-state index contributed by atoms with van der Waals surface area (Å²) in [4.78, 5) is 62.4. The molecule has 0 bridgehead atoms. The Labute approximate surface area is 217 Å². The first-order valence-electron chi connectivity index (χ1n) is 11.2. The molecule has 36 heavy (non-hydrogen) atoms. The van der Waals surface area contributed by atoms with Gasteiger partial charge in [0.1, 0.15) is 0 Å². The molecule has 11 heteroatoms. The molecule has 1 saturated carbocycles. The maximum Gasteiger partial charge on any atom is 0.338 e. The first kappa shape index (κ1) is 25.7. The van der Waals surface area contributed by atoms with Crippen LogP contribution in [0, 0.1) is 11.8 Å². The Balaban J connectivity index is 1.32. The zero-order chi connectivity index (χ0) is 26.0. The molecule has 0 aromatic heterocycles. The number of nitrogens with zero attached hydrogens (tertiary/aromatic N) is 1. The summed E-state index contributed by atoms with van der Waals surface area (Å²) in [6, 6.07) is 12.3. The van der Waals surface area contributed by atoms with Crippen LogP contribution in [0.2, 0.25) is 0 Å². The monoisotopic (exact) mass is 531 g/mol. The van der Waals surface area contributed by atoms with Gasteiger partial charge in [-0.05, 0) is 61.4 Å². The fourth-order valence-electron chi connectivity index (χ4n) is 4.35. The molecule has 1 saturated heterocycles. The van der Waals surface area contributed by atoms with Crippen molar-refractivity contribution in [1.82, 2.24) is 0 Å². The predicted octanol–water partition coefficient (Wildman–Crippen LogP) is 3.55. The molecule has 1 aliphatic heterocycles. The number of imide groups is 1. The number of amides is 4. The van der Waals surface area contributed by atoms with E-state index in [1.54, 1.807) is 24.3 Å². The van der Waals surface area contributed by atoms with Crippen LogP contribution in [0.5, 0.6) is 0 Å². The van der Waals surface area contributed by atoms with Crippen molar-refractivity contribution in [3.8, 4) is 0 Å². The summed E-state index contributed by atoms with van der Waals surface area (Å²) in [6.07, 6.45) is 0.681. The van der Waals surface area contributed by atoms with Gasteiger partial charge < -0.3 is 15.4 Å². The summed E-state index contributed by atoms with van der Waals surface area (Å²) >= 11 is 12.4. The van der Waals surface area contributed by atoms with Crippen molar-refractivity contribution in [3.63, 3.8) is 0 Å². The van der Waals surface area contributed by atoms with Crippen molar-refractivity contribution < 1.29 is 28.7 Å². The molecule has 2 fully saturated rings. The van der Waals surface area contributed by atoms with E-state index in [0.717, 1.165) is 4.90 Å². The number of rotatable bonds is 6. The highest BCUT2D eigenvalue weighted by Crippen LogP contribution is 2.43. The molecule has 2 aromatic rings. The number of benzene rings is 2. The first-order valence-corrected chi connectivity index (χ1v) is 12.1. The number of halogens is 2. The van der Waals surface area contributed by atoms with Crippen LogP contribution in [0.4, 0.5) is 17.1 Å². The van der Waals surface area contributed by atoms with E-state index < -0.39 is 30.3 Å². The number of anilines is 3. The van der Waals surface area contributed by atoms with E-state index >= 15 is 0 Å². The second-order valence-corrected chi connectivity index (χ2v) is 9.78. The van der Waals surface area contributed by atoms with Gasteiger partial charge >= 0.3 is 5.97 Å². The molecule has 2 aliphatic rings. The van der Waals surface area contributed by atoms with Crippen LogP contribution < -0.4 is 15.5 Å². The van der Waals surface area contributed by atoms with Crippen LogP contribution in [0.25, 0.3) is 0 Å². The Bertz CT molecular complexity index is 1170. The van der Waals surface area contributed by atoms with E-state index in [9.17, 15) is 24.0 Å². The van der Waals surface area contributed by atoms with Crippen LogP contribution in [0.3, 0.4) is 0 Å². The molecule has 4 rings (SSSR count). The topological polar surface area (TPSA) is 122 Å². The summed E-state index contributed by atoms with van der Waals surface area (Å²) in [6.45, 7) is 0.875. The molecule has 4 atom stereocenters. The SMILES string of the molecule is CC(=O)Nc1ccc(NC(=O)COC(=O)c2ccc(N3C(=O)[C@H]4C[C@@H](Cl)[C@@H](Cl)C[C@H]4C3=O)cc2)cc1. The third kappa shape index (κ3) is 5.52. The lowest BCUT2D eigenvalue weighted by atomic mass is 9.80. The lowest BCUT2D eigenvalue weighted by Crippen LogP contribution is -2.34. The molecule has 1 aliphatic carbocycles. The summed E-state index contributed by atoms with van der Waals surface area (Å²) in [5, 5.41) is 4.45. The van der Waals surface area contributed by atoms with Gasteiger partial charge in [0.05, 0.1) is 33.8 Å². The highest BCUT2D eigenvalue weighted by Gasteiger charge is 2.52. The number of hydrogen-bond acceptors (Lipinski definition) is 6. The number of ether oxygens (including phenoxy) is 1. The minimum Gasteiger partial charge on any atom is -0.452 e.